The van der Waals surface area contributed by atoms with Crippen molar-refractivity contribution in [2.75, 3.05) is 12.8 Å². The highest BCUT2D eigenvalue weighted by atomic mass is 32.1. The van der Waals surface area contributed by atoms with Crippen LogP contribution in [0.1, 0.15) is 4.88 Å². The van der Waals surface area contributed by atoms with Crippen LogP contribution in [0.25, 0.3) is 10.1 Å². The van der Waals surface area contributed by atoms with Crippen LogP contribution >= 0.6 is 11.3 Å². The highest BCUT2D eigenvalue weighted by Gasteiger charge is 2.11. The van der Waals surface area contributed by atoms with Crippen LogP contribution < -0.4 is 10.5 Å². The van der Waals surface area contributed by atoms with Crippen LogP contribution in [0.15, 0.2) is 18.2 Å². The average Bonchev–Trinajstić information content (AvgIpc) is 2.55. The van der Waals surface area contributed by atoms with Gasteiger partial charge in [0.05, 0.1) is 29.7 Å². The minimum absolute atomic E-state index is 0.0195. The molecule has 0 spiro atoms. The van der Waals surface area contributed by atoms with Gasteiger partial charge in [0.25, 0.3) is 0 Å². The molecule has 0 fully saturated rings. The molecular formula is C10H11NO2S. The van der Waals surface area contributed by atoms with Crippen LogP contribution in [-0.2, 0) is 6.61 Å². The zero-order valence-corrected chi connectivity index (χ0v) is 8.60. The molecule has 2 rings (SSSR count). The second-order valence-electron chi connectivity index (χ2n) is 2.93. The normalized spacial score (nSPS) is 10.7. The fraction of sp³-hybridized carbons (Fsp3) is 0.200. The molecule has 1 heterocycles. The van der Waals surface area contributed by atoms with E-state index in [2.05, 4.69) is 0 Å². The van der Waals surface area contributed by atoms with E-state index in [1.807, 2.05) is 18.2 Å². The van der Waals surface area contributed by atoms with E-state index < -0.39 is 0 Å². The molecule has 0 aliphatic rings. The number of hydrogen-bond acceptors (Lipinski definition) is 4. The van der Waals surface area contributed by atoms with E-state index in [1.165, 1.54) is 11.3 Å². The number of nitrogen functional groups attached to an aromatic ring is 1. The van der Waals surface area contributed by atoms with Gasteiger partial charge < -0.3 is 15.6 Å². The number of methoxy groups -OCH3 is 1. The summed E-state index contributed by atoms with van der Waals surface area (Å²) in [4.78, 5) is 0.796. The van der Waals surface area contributed by atoms with Crippen molar-refractivity contribution in [1.82, 2.24) is 0 Å². The summed E-state index contributed by atoms with van der Waals surface area (Å²) in [5.41, 5.74) is 6.53. The largest absolute Gasteiger partial charge is 0.496 e. The van der Waals surface area contributed by atoms with Gasteiger partial charge in [0.1, 0.15) is 5.75 Å². The van der Waals surface area contributed by atoms with Crippen LogP contribution in [0.5, 0.6) is 5.75 Å². The summed E-state index contributed by atoms with van der Waals surface area (Å²) in [6, 6.07) is 5.75. The smallest absolute Gasteiger partial charge is 0.129 e. The number of nitrogens with two attached hydrogens (primary N) is 1. The van der Waals surface area contributed by atoms with Crippen LogP contribution in [0, 0.1) is 0 Å². The molecule has 3 nitrogen and oxygen atoms in total. The van der Waals surface area contributed by atoms with Gasteiger partial charge in [0, 0.05) is 4.70 Å². The molecule has 0 bridgehead atoms. The van der Waals surface area contributed by atoms with Crippen molar-refractivity contribution in [2.24, 2.45) is 0 Å². The van der Waals surface area contributed by atoms with Crippen molar-refractivity contribution in [3.8, 4) is 5.75 Å². The van der Waals surface area contributed by atoms with Crippen LogP contribution in [0.3, 0.4) is 0 Å². The lowest BCUT2D eigenvalue weighted by Crippen LogP contribution is -1.90. The summed E-state index contributed by atoms with van der Waals surface area (Å²) in [7, 11) is 1.62. The number of anilines is 1. The Morgan fingerprint density at radius 2 is 2.29 bits per heavy atom. The van der Waals surface area contributed by atoms with Gasteiger partial charge in [-0.3, -0.25) is 0 Å². The van der Waals surface area contributed by atoms with Gasteiger partial charge in [-0.1, -0.05) is 6.07 Å². The van der Waals surface area contributed by atoms with Gasteiger partial charge in [-0.2, -0.15) is 0 Å². The van der Waals surface area contributed by atoms with Gasteiger partial charge in [0.15, 0.2) is 0 Å². The Hall–Kier alpha value is -1.26. The molecule has 2 aromatic rings. The Morgan fingerprint density at radius 3 is 2.93 bits per heavy atom. The Morgan fingerprint density at radius 1 is 1.50 bits per heavy atom. The molecule has 0 saturated heterocycles. The van der Waals surface area contributed by atoms with Gasteiger partial charge >= 0.3 is 0 Å². The monoisotopic (exact) mass is 209 g/mol. The SMILES string of the molecule is COc1cccc2sc(CO)c(N)c12. The lowest BCUT2D eigenvalue weighted by Gasteiger charge is -2.01. The predicted molar refractivity (Wildman–Crippen MR) is 58.7 cm³/mol. The molecule has 3 N–H and O–H groups in total. The van der Waals surface area contributed by atoms with E-state index in [1.54, 1.807) is 7.11 Å². The summed E-state index contributed by atoms with van der Waals surface area (Å²) in [6.07, 6.45) is 0. The second kappa shape index (κ2) is 3.48. The highest BCUT2D eigenvalue weighted by molar-refractivity contribution is 7.19. The standard InChI is InChI=1S/C10H11NO2S/c1-13-6-3-2-4-7-9(6)10(11)8(5-12)14-7/h2-4,12H,5,11H2,1H3. The zero-order chi connectivity index (χ0) is 10.1. The Balaban J connectivity index is 2.79. The first-order chi connectivity index (χ1) is 6.77. The number of benzene rings is 1. The van der Waals surface area contributed by atoms with Crippen molar-refractivity contribution in [3.63, 3.8) is 0 Å². The molecular weight excluding hydrogens is 198 g/mol. The summed E-state index contributed by atoms with van der Waals surface area (Å²) >= 11 is 1.50. The van der Waals surface area contributed by atoms with Crippen molar-refractivity contribution >= 4 is 27.1 Å². The lowest BCUT2D eigenvalue weighted by atomic mass is 10.2. The van der Waals surface area contributed by atoms with Gasteiger partial charge in [-0.15, -0.1) is 11.3 Å². The molecule has 0 aliphatic carbocycles. The van der Waals surface area contributed by atoms with Gasteiger partial charge in [0.2, 0.25) is 0 Å². The van der Waals surface area contributed by atoms with E-state index in [9.17, 15) is 0 Å². The third-order valence-electron chi connectivity index (χ3n) is 2.15. The molecule has 1 aromatic heterocycles. The molecule has 0 atom stereocenters. The first kappa shape index (κ1) is 9.30. The van der Waals surface area contributed by atoms with E-state index in [0.29, 0.717) is 5.69 Å². The fourth-order valence-electron chi connectivity index (χ4n) is 1.48. The zero-order valence-electron chi connectivity index (χ0n) is 7.78. The number of aliphatic hydroxyl groups is 1. The van der Waals surface area contributed by atoms with Crippen molar-refractivity contribution in [3.05, 3.63) is 23.1 Å². The molecule has 0 amide bonds. The summed E-state index contributed by atoms with van der Waals surface area (Å²) in [5, 5.41) is 9.98. The Kier molecular flexibility index (Phi) is 2.31. The number of thiophene rings is 1. The predicted octanol–water partition coefficient (Wildman–Crippen LogP) is 1.98. The topological polar surface area (TPSA) is 55.5 Å². The van der Waals surface area contributed by atoms with E-state index in [0.717, 1.165) is 20.7 Å². The number of rotatable bonds is 2. The maximum Gasteiger partial charge on any atom is 0.129 e. The first-order valence-corrected chi connectivity index (χ1v) is 5.04. The van der Waals surface area contributed by atoms with Crippen molar-refractivity contribution in [1.29, 1.82) is 0 Å². The number of hydrogen-bond donors (Lipinski definition) is 2. The van der Waals surface area contributed by atoms with E-state index in [-0.39, 0.29) is 6.61 Å². The average molecular weight is 209 g/mol. The van der Waals surface area contributed by atoms with E-state index in [4.69, 9.17) is 15.6 Å². The molecule has 0 saturated carbocycles. The molecule has 14 heavy (non-hydrogen) atoms. The van der Waals surface area contributed by atoms with Gasteiger partial charge in [-0.05, 0) is 12.1 Å². The molecule has 0 aliphatic heterocycles. The molecule has 4 heteroatoms. The second-order valence-corrected chi connectivity index (χ2v) is 4.07. The highest BCUT2D eigenvalue weighted by Crippen LogP contribution is 2.39. The summed E-state index contributed by atoms with van der Waals surface area (Å²) in [5.74, 6) is 0.760. The van der Waals surface area contributed by atoms with Crippen LogP contribution in [-0.4, -0.2) is 12.2 Å². The maximum absolute atomic E-state index is 9.07. The minimum Gasteiger partial charge on any atom is -0.496 e. The van der Waals surface area contributed by atoms with Gasteiger partial charge in [-0.25, -0.2) is 0 Å². The maximum atomic E-state index is 9.07. The Bertz CT molecular complexity index is 464. The van der Waals surface area contributed by atoms with Crippen molar-refractivity contribution < 1.29 is 9.84 Å². The third kappa shape index (κ3) is 1.23. The molecule has 0 radical (unpaired) electrons. The van der Waals surface area contributed by atoms with Crippen molar-refractivity contribution in [2.45, 2.75) is 6.61 Å². The number of aliphatic hydroxyl groups excluding tert-OH is 1. The fourth-order valence-corrected chi connectivity index (χ4v) is 2.48. The number of fused-ring (bicyclic) bond motifs is 1. The summed E-state index contributed by atoms with van der Waals surface area (Å²) < 4.78 is 6.26. The lowest BCUT2D eigenvalue weighted by molar-refractivity contribution is 0.286. The quantitative estimate of drug-likeness (QED) is 0.795. The Labute approximate surface area is 85.7 Å². The molecule has 0 unspecified atom stereocenters. The van der Waals surface area contributed by atoms with Crippen LogP contribution in [0.2, 0.25) is 0 Å². The van der Waals surface area contributed by atoms with E-state index >= 15 is 0 Å². The molecule has 74 valence electrons. The van der Waals surface area contributed by atoms with Crippen LogP contribution in [0.4, 0.5) is 5.69 Å². The molecule has 1 aromatic carbocycles. The summed E-state index contributed by atoms with van der Waals surface area (Å²) in [6.45, 7) is -0.0195. The number of ether oxygens (including phenoxy) is 1. The minimum atomic E-state index is -0.0195. The third-order valence-corrected chi connectivity index (χ3v) is 3.31. The first-order valence-electron chi connectivity index (χ1n) is 4.22.